The molecule has 0 bridgehead atoms. The molecule has 2 aromatic heterocycles. The van der Waals surface area contributed by atoms with Crippen LogP contribution in [0.4, 0.5) is 0 Å². The van der Waals surface area contributed by atoms with Crippen molar-refractivity contribution in [2.75, 3.05) is 0 Å². The van der Waals surface area contributed by atoms with Gasteiger partial charge < -0.3 is 4.74 Å². The second-order valence-corrected chi connectivity index (χ2v) is 8.03. The van der Waals surface area contributed by atoms with Gasteiger partial charge >= 0.3 is 0 Å². The Labute approximate surface area is 193 Å². The van der Waals surface area contributed by atoms with E-state index in [2.05, 4.69) is 50.1 Å². The SMILES string of the molecule is CC(C)Oc1ccc(-c2nnc(-c3ccccc3)n2-c2ccc(-c3cccnc3)cc2)cc1. The Morgan fingerprint density at radius 1 is 0.636 bits per heavy atom. The van der Waals surface area contributed by atoms with Gasteiger partial charge in [-0.1, -0.05) is 48.5 Å². The van der Waals surface area contributed by atoms with Crippen molar-refractivity contribution < 1.29 is 4.74 Å². The van der Waals surface area contributed by atoms with Crippen molar-refractivity contribution in [2.45, 2.75) is 20.0 Å². The van der Waals surface area contributed by atoms with Crippen molar-refractivity contribution in [3.8, 4) is 45.3 Å². The van der Waals surface area contributed by atoms with Crippen molar-refractivity contribution in [3.05, 3.63) is 103 Å². The van der Waals surface area contributed by atoms with E-state index in [1.54, 1.807) is 6.20 Å². The molecule has 0 fully saturated rings. The van der Waals surface area contributed by atoms with Gasteiger partial charge in [0.1, 0.15) is 5.75 Å². The third-order valence-corrected chi connectivity index (χ3v) is 5.30. The Morgan fingerprint density at radius 2 is 1.24 bits per heavy atom. The van der Waals surface area contributed by atoms with Crippen molar-refractivity contribution in [1.82, 2.24) is 19.7 Å². The predicted molar refractivity (Wildman–Crippen MR) is 131 cm³/mol. The molecule has 0 unspecified atom stereocenters. The number of aromatic nitrogens is 4. The van der Waals surface area contributed by atoms with Crippen LogP contribution in [-0.2, 0) is 0 Å². The topological polar surface area (TPSA) is 52.8 Å². The zero-order valence-electron chi connectivity index (χ0n) is 18.6. The minimum Gasteiger partial charge on any atom is -0.491 e. The Morgan fingerprint density at radius 3 is 1.85 bits per heavy atom. The van der Waals surface area contributed by atoms with Crippen LogP contribution in [0.3, 0.4) is 0 Å². The molecule has 0 atom stereocenters. The maximum Gasteiger partial charge on any atom is 0.168 e. The zero-order chi connectivity index (χ0) is 22.6. The van der Waals surface area contributed by atoms with Gasteiger partial charge in [0.2, 0.25) is 0 Å². The first kappa shape index (κ1) is 20.6. The van der Waals surface area contributed by atoms with Crippen molar-refractivity contribution in [3.63, 3.8) is 0 Å². The quantitative estimate of drug-likeness (QED) is 0.309. The van der Waals surface area contributed by atoms with Crippen LogP contribution < -0.4 is 4.74 Å². The minimum atomic E-state index is 0.127. The predicted octanol–water partition coefficient (Wildman–Crippen LogP) is 6.45. The normalized spacial score (nSPS) is 11.0. The number of nitrogens with zero attached hydrogens (tertiary/aromatic N) is 4. The number of benzene rings is 3. The molecule has 3 aromatic carbocycles. The first-order chi connectivity index (χ1) is 16.2. The minimum absolute atomic E-state index is 0.127. The lowest BCUT2D eigenvalue weighted by Crippen LogP contribution is -2.05. The molecule has 0 aliphatic rings. The summed E-state index contributed by atoms with van der Waals surface area (Å²) in [7, 11) is 0. The molecule has 0 N–H and O–H groups in total. The fraction of sp³-hybridized carbons (Fsp3) is 0.107. The molecular weight excluding hydrogens is 408 g/mol. The maximum absolute atomic E-state index is 5.80. The highest BCUT2D eigenvalue weighted by atomic mass is 16.5. The fourth-order valence-corrected chi connectivity index (χ4v) is 3.78. The Kier molecular flexibility index (Phi) is 5.68. The second kappa shape index (κ2) is 9.09. The third-order valence-electron chi connectivity index (χ3n) is 5.30. The fourth-order valence-electron chi connectivity index (χ4n) is 3.78. The van der Waals surface area contributed by atoms with Gasteiger partial charge in [-0.25, -0.2) is 0 Å². The smallest absolute Gasteiger partial charge is 0.168 e. The number of rotatable bonds is 6. The van der Waals surface area contributed by atoms with E-state index in [1.807, 2.05) is 80.7 Å². The van der Waals surface area contributed by atoms with Crippen molar-refractivity contribution in [1.29, 1.82) is 0 Å². The molecule has 5 nitrogen and oxygen atoms in total. The van der Waals surface area contributed by atoms with E-state index in [0.717, 1.165) is 45.3 Å². The van der Waals surface area contributed by atoms with Gasteiger partial charge in [0.15, 0.2) is 11.6 Å². The van der Waals surface area contributed by atoms with E-state index in [-0.39, 0.29) is 6.10 Å². The van der Waals surface area contributed by atoms with Crippen LogP contribution >= 0.6 is 0 Å². The van der Waals surface area contributed by atoms with Crippen molar-refractivity contribution >= 4 is 0 Å². The lowest BCUT2D eigenvalue weighted by Gasteiger charge is -2.13. The highest BCUT2D eigenvalue weighted by molar-refractivity contribution is 5.69. The zero-order valence-corrected chi connectivity index (χ0v) is 18.6. The van der Waals surface area contributed by atoms with E-state index in [9.17, 15) is 0 Å². The van der Waals surface area contributed by atoms with Gasteiger partial charge in [0, 0.05) is 29.2 Å². The van der Waals surface area contributed by atoms with Gasteiger partial charge in [-0.2, -0.15) is 0 Å². The molecule has 5 rings (SSSR count). The molecule has 0 aliphatic heterocycles. The summed E-state index contributed by atoms with van der Waals surface area (Å²) in [6, 6.07) is 30.5. The Hall–Kier alpha value is -4.25. The lowest BCUT2D eigenvalue weighted by atomic mass is 10.1. The Balaban J connectivity index is 1.59. The molecule has 0 spiro atoms. The summed E-state index contributed by atoms with van der Waals surface area (Å²) in [4.78, 5) is 4.23. The summed E-state index contributed by atoms with van der Waals surface area (Å²) in [5, 5.41) is 9.13. The standard InChI is InChI=1S/C28H24N4O/c1-20(2)33-26-16-12-23(13-17-26)28-31-30-27(22-7-4-3-5-8-22)32(28)25-14-10-21(11-15-25)24-9-6-18-29-19-24/h3-20H,1-2H3. The maximum atomic E-state index is 5.80. The van der Waals surface area contributed by atoms with Gasteiger partial charge in [-0.05, 0) is 67.4 Å². The third kappa shape index (κ3) is 4.39. The van der Waals surface area contributed by atoms with Crippen LogP contribution in [0.25, 0.3) is 39.6 Å². The Bertz CT molecular complexity index is 1330. The lowest BCUT2D eigenvalue weighted by molar-refractivity contribution is 0.242. The average Bonchev–Trinajstić information content (AvgIpc) is 3.30. The van der Waals surface area contributed by atoms with Crippen LogP contribution in [0.5, 0.6) is 5.75 Å². The number of hydrogen-bond donors (Lipinski definition) is 0. The molecule has 5 heteroatoms. The van der Waals surface area contributed by atoms with Crippen LogP contribution in [0.2, 0.25) is 0 Å². The molecular formula is C28H24N4O. The molecule has 0 saturated carbocycles. The van der Waals surface area contributed by atoms with Crippen LogP contribution in [-0.4, -0.2) is 25.9 Å². The van der Waals surface area contributed by atoms with Crippen LogP contribution in [0, 0.1) is 0 Å². The van der Waals surface area contributed by atoms with Gasteiger partial charge in [0.25, 0.3) is 0 Å². The summed E-state index contributed by atoms with van der Waals surface area (Å²) in [6.45, 7) is 4.04. The summed E-state index contributed by atoms with van der Waals surface area (Å²) in [6.07, 6.45) is 3.78. The summed E-state index contributed by atoms with van der Waals surface area (Å²) >= 11 is 0. The summed E-state index contributed by atoms with van der Waals surface area (Å²) in [5.74, 6) is 2.41. The second-order valence-electron chi connectivity index (χ2n) is 8.03. The number of pyridine rings is 1. The van der Waals surface area contributed by atoms with Gasteiger partial charge in [-0.15, -0.1) is 10.2 Å². The van der Waals surface area contributed by atoms with E-state index in [1.165, 1.54) is 0 Å². The molecule has 162 valence electrons. The molecule has 0 radical (unpaired) electrons. The van der Waals surface area contributed by atoms with E-state index in [4.69, 9.17) is 4.74 Å². The van der Waals surface area contributed by atoms with Gasteiger partial charge in [0.05, 0.1) is 6.10 Å². The molecule has 5 aromatic rings. The van der Waals surface area contributed by atoms with Crippen LogP contribution in [0.1, 0.15) is 13.8 Å². The monoisotopic (exact) mass is 432 g/mol. The highest BCUT2D eigenvalue weighted by Crippen LogP contribution is 2.30. The molecule has 0 aliphatic carbocycles. The molecule has 0 saturated heterocycles. The van der Waals surface area contributed by atoms with Gasteiger partial charge in [-0.3, -0.25) is 9.55 Å². The van der Waals surface area contributed by atoms with Crippen LogP contribution in [0.15, 0.2) is 103 Å². The number of hydrogen-bond acceptors (Lipinski definition) is 4. The summed E-state index contributed by atoms with van der Waals surface area (Å²) in [5.41, 5.74) is 5.16. The van der Waals surface area contributed by atoms with Crippen molar-refractivity contribution in [2.24, 2.45) is 0 Å². The first-order valence-corrected chi connectivity index (χ1v) is 11.0. The largest absolute Gasteiger partial charge is 0.491 e. The first-order valence-electron chi connectivity index (χ1n) is 11.0. The highest BCUT2D eigenvalue weighted by Gasteiger charge is 2.17. The molecule has 2 heterocycles. The summed E-state index contributed by atoms with van der Waals surface area (Å²) < 4.78 is 7.90. The van der Waals surface area contributed by atoms with E-state index >= 15 is 0 Å². The molecule has 0 amide bonds. The van der Waals surface area contributed by atoms with E-state index < -0.39 is 0 Å². The average molecular weight is 433 g/mol. The molecule has 33 heavy (non-hydrogen) atoms. The number of ether oxygens (including phenoxy) is 1. The van der Waals surface area contributed by atoms with E-state index in [0.29, 0.717) is 0 Å².